The van der Waals surface area contributed by atoms with Crippen LogP contribution < -0.4 is 11.3 Å². The maximum absolute atomic E-state index is 13.5. The molecule has 108 valence electrons. The summed E-state index contributed by atoms with van der Waals surface area (Å²) in [5.74, 6) is 5.28. The Morgan fingerprint density at radius 2 is 2.00 bits per heavy atom. The molecule has 0 aliphatic carbocycles. The number of hydrogen-bond donors (Lipinski definition) is 2. The first-order valence-electron chi connectivity index (χ1n) is 6.56. The second-order valence-corrected chi connectivity index (χ2v) is 6.32. The summed E-state index contributed by atoms with van der Waals surface area (Å²) >= 11 is 7.70. The van der Waals surface area contributed by atoms with Crippen molar-refractivity contribution in [2.75, 3.05) is 0 Å². The SMILES string of the molecule is NNC(Cc1cccc(F)c1Cl)c1cc2ccccc2s1. The van der Waals surface area contributed by atoms with E-state index in [1.807, 2.05) is 18.2 Å². The van der Waals surface area contributed by atoms with Gasteiger partial charge < -0.3 is 0 Å². The normalized spacial score (nSPS) is 12.7. The number of hydrogen-bond acceptors (Lipinski definition) is 3. The predicted molar refractivity (Wildman–Crippen MR) is 87.0 cm³/mol. The minimum Gasteiger partial charge on any atom is -0.271 e. The monoisotopic (exact) mass is 320 g/mol. The number of hydrazine groups is 1. The first kappa shape index (κ1) is 14.5. The van der Waals surface area contributed by atoms with Crippen molar-refractivity contribution in [3.05, 3.63) is 69.8 Å². The van der Waals surface area contributed by atoms with Crippen molar-refractivity contribution in [1.82, 2.24) is 5.43 Å². The molecule has 0 spiro atoms. The van der Waals surface area contributed by atoms with Crippen LogP contribution in [0.5, 0.6) is 0 Å². The highest BCUT2D eigenvalue weighted by atomic mass is 35.5. The van der Waals surface area contributed by atoms with Crippen molar-refractivity contribution in [3.8, 4) is 0 Å². The molecule has 3 rings (SSSR count). The zero-order chi connectivity index (χ0) is 14.8. The number of thiophene rings is 1. The maximum atomic E-state index is 13.5. The number of nitrogens with two attached hydrogens (primary N) is 1. The van der Waals surface area contributed by atoms with E-state index < -0.39 is 5.82 Å². The Morgan fingerprint density at radius 3 is 2.76 bits per heavy atom. The molecule has 3 N–H and O–H groups in total. The second kappa shape index (κ2) is 6.12. The van der Waals surface area contributed by atoms with Gasteiger partial charge in [0.15, 0.2) is 0 Å². The molecule has 2 aromatic carbocycles. The lowest BCUT2D eigenvalue weighted by molar-refractivity contribution is 0.557. The first-order valence-corrected chi connectivity index (χ1v) is 7.76. The molecule has 0 saturated heterocycles. The molecule has 1 unspecified atom stereocenters. The molecule has 0 radical (unpaired) electrons. The van der Waals surface area contributed by atoms with Crippen molar-refractivity contribution in [3.63, 3.8) is 0 Å². The summed E-state index contributed by atoms with van der Waals surface area (Å²) in [7, 11) is 0. The fourth-order valence-corrected chi connectivity index (χ4v) is 3.67. The standard InChI is InChI=1S/C16H14ClFN2S/c17-16-11(5-3-6-12(16)18)8-13(20-19)15-9-10-4-1-2-7-14(10)21-15/h1-7,9,13,20H,8,19H2. The van der Waals surface area contributed by atoms with E-state index in [0.717, 1.165) is 10.4 Å². The van der Waals surface area contributed by atoms with Gasteiger partial charge in [0.05, 0.1) is 11.1 Å². The lowest BCUT2D eigenvalue weighted by Crippen LogP contribution is -2.29. The first-order chi connectivity index (χ1) is 10.2. The Hall–Kier alpha value is -1.46. The molecule has 0 amide bonds. The molecule has 5 heteroatoms. The summed E-state index contributed by atoms with van der Waals surface area (Å²) in [6, 6.07) is 15.0. The van der Waals surface area contributed by atoms with Crippen LogP contribution in [0.15, 0.2) is 48.5 Å². The van der Waals surface area contributed by atoms with E-state index in [0.29, 0.717) is 6.42 Å². The molecular formula is C16H14ClFN2S. The van der Waals surface area contributed by atoms with E-state index in [-0.39, 0.29) is 11.1 Å². The summed E-state index contributed by atoms with van der Waals surface area (Å²) in [4.78, 5) is 1.11. The summed E-state index contributed by atoms with van der Waals surface area (Å²) in [6.45, 7) is 0. The molecular weight excluding hydrogens is 307 g/mol. The van der Waals surface area contributed by atoms with Gasteiger partial charge in [-0.05, 0) is 35.6 Å². The molecule has 2 nitrogen and oxygen atoms in total. The zero-order valence-electron chi connectivity index (χ0n) is 11.1. The zero-order valence-corrected chi connectivity index (χ0v) is 12.7. The van der Waals surface area contributed by atoms with E-state index in [1.54, 1.807) is 17.4 Å². The minimum atomic E-state index is -0.402. The number of rotatable bonds is 4. The topological polar surface area (TPSA) is 38.0 Å². The molecule has 0 aliphatic rings. The summed E-state index contributed by atoms with van der Waals surface area (Å²) in [5.41, 5.74) is 3.55. The van der Waals surface area contributed by atoms with E-state index >= 15 is 0 Å². The molecule has 0 bridgehead atoms. The molecule has 0 aliphatic heterocycles. The van der Waals surface area contributed by atoms with Gasteiger partial charge in [0, 0.05) is 9.58 Å². The lowest BCUT2D eigenvalue weighted by Gasteiger charge is -2.15. The number of benzene rings is 2. The van der Waals surface area contributed by atoms with Crippen LogP contribution in [0.3, 0.4) is 0 Å². The molecule has 1 atom stereocenters. The van der Waals surface area contributed by atoms with Gasteiger partial charge in [-0.2, -0.15) is 0 Å². The summed E-state index contributed by atoms with van der Waals surface area (Å²) in [5, 5.41) is 1.35. The van der Waals surface area contributed by atoms with Crippen LogP contribution in [0.1, 0.15) is 16.5 Å². The van der Waals surface area contributed by atoms with E-state index in [9.17, 15) is 4.39 Å². The van der Waals surface area contributed by atoms with Crippen molar-refractivity contribution in [1.29, 1.82) is 0 Å². The van der Waals surface area contributed by atoms with Crippen LogP contribution in [0.25, 0.3) is 10.1 Å². The molecule has 0 fully saturated rings. The predicted octanol–water partition coefficient (Wildman–Crippen LogP) is 4.44. The molecule has 0 saturated carbocycles. The van der Waals surface area contributed by atoms with Gasteiger partial charge in [-0.1, -0.05) is 41.9 Å². The van der Waals surface area contributed by atoms with Crippen LogP contribution >= 0.6 is 22.9 Å². The Labute approximate surface area is 131 Å². The summed E-state index contributed by atoms with van der Waals surface area (Å²) < 4.78 is 14.7. The fourth-order valence-electron chi connectivity index (χ4n) is 2.34. The summed E-state index contributed by atoms with van der Waals surface area (Å²) in [6.07, 6.45) is 0.542. The quantitative estimate of drug-likeness (QED) is 0.551. The third-order valence-corrected chi connectivity index (χ3v) is 5.10. The van der Waals surface area contributed by atoms with Gasteiger partial charge in [-0.3, -0.25) is 11.3 Å². The third-order valence-electron chi connectivity index (χ3n) is 3.44. The highest BCUT2D eigenvalue weighted by molar-refractivity contribution is 7.19. The number of nitrogens with one attached hydrogen (secondary N) is 1. The largest absolute Gasteiger partial charge is 0.271 e. The smallest absolute Gasteiger partial charge is 0.142 e. The van der Waals surface area contributed by atoms with E-state index in [1.165, 1.54) is 16.2 Å². The molecule has 1 aromatic heterocycles. The average molecular weight is 321 g/mol. The van der Waals surface area contributed by atoms with Gasteiger partial charge in [-0.25, -0.2) is 4.39 Å². The highest BCUT2D eigenvalue weighted by Crippen LogP contribution is 2.32. The van der Waals surface area contributed by atoms with Crippen LogP contribution in [0.4, 0.5) is 4.39 Å². The molecule has 21 heavy (non-hydrogen) atoms. The maximum Gasteiger partial charge on any atom is 0.142 e. The van der Waals surface area contributed by atoms with E-state index in [4.69, 9.17) is 17.4 Å². The molecule has 1 heterocycles. The Balaban J connectivity index is 1.93. The second-order valence-electron chi connectivity index (χ2n) is 4.82. The highest BCUT2D eigenvalue weighted by Gasteiger charge is 2.16. The van der Waals surface area contributed by atoms with Crippen LogP contribution in [-0.4, -0.2) is 0 Å². The van der Waals surface area contributed by atoms with Crippen LogP contribution in [0, 0.1) is 5.82 Å². The van der Waals surface area contributed by atoms with E-state index in [2.05, 4.69) is 23.6 Å². The van der Waals surface area contributed by atoms with Crippen LogP contribution in [0.2, 0.25) is 5.02 Å². The average Bonchev–Trinajstić information content (AvgIpc) is 2.92. The third kappa shape index (κ3) is 2.94. The van der Waals surface area contributed by atoms with Gasteiger partial charge in [0.1, 0.15) is 5.82 Å². The lowest BCUT2D eigenvalue weighted by atomic mass is 10.0. The van der Waals surface area contributed by atoms with Crippen molar-refractivity contribution >= 4 is 33.0 Å². The van der Waals surface area contributed by atoms with Gasteiger partial charge >= 0.3 is 0 Å². The Kier molecular flexibility index (Phi) is 4.22. The molecule has 3 aromatic rings. The van der Waals surface area contributed by atoms with Gasteiger partial charge in [0.25, 0.3) is 0 Å². The van der Waals surface area contributed by atoms with Crippen molar-refractivity contribution in [2.45, 2.75) is 12.5 Å². The van der Waals surface area contributed by atoms with Gasteiger partial charge in [0.2, 0.25) is 0 Å². The van der Waals surface area contributed by atoms with Gasteiger partial charge in [-0.15, -0.1) is 11.3 Å². The van der Waals surface area contributed by atoms with Crippen molar-refractivity contribution < 1.29 is 4.39 Å². The Morgan fingerprint density at radius 1 is 1.19 bits per heavy atom. The van der Waals surface area contributed by atoms with Crippen LogP contribution in [-0.2, 0) is 6.42 Å². The Bertz CT molecular complexity index is 739. The number of fused-ring (bicyclic) bond motifs is 1. The number of halogens is 2. The fraction of sp³-hybridized carbons (Fsp3) is 0.125. The minimum absolute atomic E-state index is 0.0956. The van der Waals surface area contributed by atoms with Crippen molar-refractivity contribution in [2.24, 2.45) is 5.84 Å².